The van der Waals surface area contributed by atoms with E-state index in [1.54, 1.807) is 0 Å². The average Bonchev–Trinajstić information content (AvgIpc) is 2.93. The van der Waals surface area contributed by atoms with Gasteiger partial charge in [-0.2, -0.15) is 0 Å². The van der Waals surface area contributed by atoms with Crippen LogP contribution in [-0.2, 0) is 9.31 Å². The molecule has 0 unspecified atom stereocenters. The molecule has 1 fully saturated rings. The molecule has 0 radical (unpaired) electrons. The highest BCUT2D eigenvalue weighted by molar-refractivity contribution is 6.86. The molecule has 0 atom stereocenters. The second-order valence-corrected chi connectivity index (χ2v) is 9.04. The molecule has 0 spiro atoms. The highest BCUT2D eigenvalue weighted by Gasteiger charge is 2.50. The van der Waals surface area contributed by atoms with Crippen LogP contribution in [0.4, 0.5) is 11.4 Å². The van der Waals surface area contributed by atoms with Crippen molar-refractivity contribution in [3.05, 3.63) is 78.3 Å². The molecule has 0 bridgehead atoms. The zero-order chi connectivity index (χ0) is 20.9. The molecule has 0 aromatic heterocycles. The maximum Gasteiger partial charge on any atom is 0.486 e. The van der Waals surface area contributed by atoms with Crippen molar-refractivity contribution in [2.45, 2.75) is 38.9 Å². The van der Waals surface area contributed by atoms with Crippen molar-refractivity contribution in [2.75, 3.05) is 10.5 Å². The minimum absolute atomic E-state index is 0.105. The largest absolute Gasteiger partial charge is 0.486 e. The lowest BCUT2D eigenvalue weighted by Crippen LogP contribution is -2.41. The molecule has 3 aromatic carbocycles. The van der Waals surface area contributed by atoms with Gasteiger partial charge in [-0.15, -0.1) is 0 Å². The summed E-state index contributed by atoms with van der Waals surface area (Å²) in [7, 11) is -0.415. The summed E-state index contributed by atoms with van der Waals surface area (Å²) in [4.78, 5) is 0. The Bertz CT molecular complexity index is 1070. The summed E-state index contributed by atoms with van der Waals surface area (Å²) >= 11 is 0. The van der Waals surface area contributed by atoms with E-state index in [4.69, 9.17) is 9.31 Å². The van der Waals surface area contributed by atoms with E-state index < -0.39 is 7.12 Å². The molecule has 1 saturated heterocycles. The summed E-state index contributed by atoms with van der Waals surface area (Å²) in [6, 6.07) is 23.2. The molecule has 0 amide bonds. The zero-order valence-electron chi connectivity index (χ0n) is 17.9. The smallest absolute Gasteiger partial charge is 0.405 e. The maximum atomic E-state index is 6.28. The number of hydrogen-bond donors (Lipinski definition) is 2. The van der Waals surface area contributed by atoms with Crippen molar-refractivity contribution in [1.29, 1.82) is 0 Å². The van der Waals surface area contributed by atoms with Crippen LogP contribution in [0.25, 0.3) is 16.2 Å². The molecule has 4 nitrogen and oxygen atoms in total. The average molecular weight is 396 g/mol. The first-order chi connectivity index (χ1) is 14.3. The van der Waals surface area contributed by atoms with Gasteiger partial charge in [0.25, 0.3) is 0 Å². The Hall–Kier alpha value is -2.69. The first-order valence-corrected chi connectivity index (χ1v) is 10.5. The summed E-state index contributed by atoms with van der Waals surface area (Å²) in [6.45, 7) is 8.22. The Labute approximate surface area is 178 Å². The van der Waals surface area contributed by atoms with E-state index >= 15 is 0 Å². The highest BCUT2D eigenvalue weighted by atomic mass is 16.7. The number of benzene rings is 3. The normalized spacial score (nSPS) is 19.5. The zero-order valence-corrected chi connectivity index (χ0v) is 17.9. The SMILES string of the molecule is CC1(C)OB(/C=C(/B2Nc3cccc4cccc(c34)N2)c2ccccc2)OC1(C)C. The summed E-state index contributed by atoms with van der Waals surface area (Å²) in [5.41, 5.74) is 3.73. The quantitative estimate of drug-likeness (QED) is 0.581. The van der Waals surface area contributed by atoms with E-state index in [1.807, 2.05) is 6.07 Å². The number of anilines is 2. The molecule has 6 heteroatoms. The number of nitrogens with one attached hydrogen (secondary N) is 2. The molecule has 150 valence electrons. The van der Waals surface area contributed by atoms with Crippen LogP contribution in [0.3, 0.4) is 0 Å². The van der Waals surface area contributed by atoms with E-state index in [1.165, 1.54) is 10.8 Å². The van der Waals surface area contributed by atoms with Gasteiger partial charge in [0.15, 0.2) is 0 Å². The minimum Gasteiger partial charge on any atom is -0.405 e. The standard InChI is InChI=1S/C24H26B2N2O2/c1-23(2)24(3,4)30-25(29-23)16-19(17-10-6-5-7-11-17)26-27-20-14-8-12-18-13-9-15-21(28-26)22(18)20/h5-16,27-28H,1-4H3/b19-16+. The van der Waals surface area contributed by atoms with Crippen LogP contribution in [0, 0.1) is 0 Å². The third-order valence-corrected chi connectivity index (χ3v) is 6.51. The van der Waals surface area contributed by atoms with Gasteiger partial charge >= 0.3 is 14.1 Å². The van der Waals surface area contributed by atoms with Crippen LogP contribution in [0.1, 0.15) is 33.3 Å². The first kappa shape index (κ1) is 19.3. The Kier molecular flexibility index (Phi) is 4.46. The molecule has 2 heterocycles. The second-order valence-electron chi connectivity index (χ2n) is 9.04. The third-order valence-electron chi connectivity index (χ3n) is 6.51. The molecular formula is C24H26B2N2O2. The topological polar surface area (TPSA) is 42.5 Å². The summed E-state index contributed by atoms with van der Waals surface area (Å²) in [5.74, 6) is 2.10. The summed E-state index contributed by atoms with van der Waals surface area (Å²) < 4.78 is 12.6. The summed E-state index contributed by atoms with van der Waals surface area (Å²) in [6.07, 6.45) is 0. The van der Waals surface area contributed by atoms with Crippen molar-refractivity contribution in [3.63, 3.8) is 0 Å². The van der Waals surface area contributed by atoms with Crippen molar-refractivity contribution >= 4 is 41.7 Å². The Morgan fingerprint density at radius 2 is 1.33 bits per heavy atom. The minimum atomic E-state index is -0.415. The molecule has 30 heavy (non-hydrogen) atoms. The molecular weight excluding hydrogens is 370 g/mol. The molecule has 0 saturated carbocycles. The van der Waals surface area contributed by atoms with Gasteiger partial charge in [-0.25, -0.2) is 0 Å². The number of hydrogen-bond acceptors (Lipinski definition) is 4. The predicted octanol–water partition coefficient (Wildman–Crippen LogP) is 5.42. The monoisotopic (exact) mass is 396 g/mol. The van der Waals surface area contributed by atoms with Crippen molar-refractivity contribution < 1.29 is 9.31 Å². The van der Waals surface area contributed by atoms with E-state index in [0.717, 1.165) is 22.4 Å². The molecule has 5 rings (SSSR count). The van der Waals surface area contributed by atoms with Gasteiger partial charge in [0.05, 0.1) is 11.2 Å². The van der Waals surface area contributed by atoms with Gasteiger partial charge < -0.3 is 19.8 Å². The van der Waals surface area contributed by atoms with E-state index in [9.17, 15) is 0 Å². The van der Waals surface area contributed by atoms with E-state index in [-0.39, 0.29) is 18.2 Å². The van der Waals surface area contributed by atoms with Gasteiger partial charge in [0.2, 0.25) is 0 Å². The van der Waals surface area contributed by atoms with Gasteiger partial charge in [-0.1, -0.05) is 60.6 Å². The number of rotatable bonds is 3. The Balaban J connectivity index is 1.56. The van der Waals surface area contributed by atoms with Crippen molar-refractivity contribution in [2.24, 2.45) is 0 Å². The lowest BCUT2D eigenvalue weighted by molar-refractivity contribution is 0.00578. The fourth-order valence-electron chi connectivity index (χ4n) is 4.18. The highest BCUT2D eigenvalue weighted by Crippen LogP contribution is 2.39. The van der Waals surface area contributed by atoms with Crippen LogP contribution < -0.4 is 10.5 Å². The maximum absolute atomic E-state index is 6.28. The van der Waals surface area contributed by atoms with Gasteiger partial charge in [-0.05, 0) is 56.2 Å². The predicted molar refractivity (Wildman–Crippen MR) is 127 cm³/mol. The molecule has 2 aliphatic rings. The molecule has 2 aliphatic heterocycles. The van der Waals surface area contributed by atoms with Gasteiger partial charge in [0.1, 0.15) is 0 Å². The van der Waals surface area contributed by atoms with Crippen LogP contribution in [0.2, 0.25) is 0 Å². The van der Waals surface area contributed by atoms with Crippen LogP contribution >= 0.6 is 0 Å². The van der Waals surface area contributed by atoms with Crippen LogP contribution in [0.15, 0.2) is 72.7 Å². The second kappa shape index (κ2) is 6.93. The fraction of sp³-hybridized carbons (Fsp3) is 0.250. The molecule has 2 N–H and O–H groups in total. The van der Waals surface area contributed by atoms with Crippen molar-refractivity contribution in [3.8, 4) is 0 Å². The Morgan fingerprint density at radius 3 is 1.90 bits per heavy atom. The lowest BCUT2D eigenvalue weighted by Gasteiger charge is -2.32. The third kappa shape index (κ3) is 3.21. The molecule has 3 aromatic rings. The lowest BCUT2D eigenvalue weighted by atomic mass is 9.59. The fourth-order valence-corrected chi connectivity index (χ4v) is 4.18. The van der Waals surface area contributed by atoms with E-state index in [2.05, 4.69) is 105 Å². The van der Waals surface area contributed by atoms with Crippen molar-refractivity contribution in [1.82, 2.24) is 0 Å². The van der Waals surface area contributed by atoms with Crippen LogP contribution in [-0.4, -0.2) is 25.3 Å². The first-order valence-electron chi connectivity index (χ1n) is 10.5. The van der Waals surface area contributed by atoms with Gasteiger partial charge in [-0.3, -0.25) is 0 Å². The van der Waals surface area contributed by atoms with Crippen LogP contribution in [0.5, 0.6) is 0 Å². The van der Waals surface area contributed by atoms with E-state index in [0.29, 0.717) is 0 Å². The Morgan fingerprint density at radius 1 is 0.767 bits per heavy atom. The van der Waals surface area contributed by atoms with Gasteiger partial charge in [0, 0.05) is 16.8 Å². The molecule has 0 aliphatic carbocycles. The summed E-state index contributed by atoms with van der Waals surface area (Å²) in [5, 5.41) is 9.81.